The highest BCUT2D eigenvalue weighted by atomic mass is 35.5. The number of likely N-dealkylation sites (tertiary alicyclic amines) is 1. The van der Waals surface area contributed by atoms with Gasteiger partial charge in [0.25, 0.3) is 21.9 Å². The molecular weight excluding hydrogens is 582 g/mol. The third-order valence-corrected chi connectivity index (χ3v) is 8.70. The number of thiazole rings is 1. The first-order valence-corrected chi connectivity index (χ1v) is 15.2. The van der Waals surface area contributed by atoms with Gasteiger partial charge in [0.2, 0.25) is 0 Å². The minimum Gasteiger partial charge on any atom is -0.490 e. The fourth-order valence-corrected chi connectivity index (χ4v) is 6.67. The number of methoxy groups -OCH3 is 1. The summed E-state index contributed by atoms with van der Waals surface area (Å²) in [6.45, 7) is 1.02. The maximum absolute atomic E-state index is 12.7. The molecule has 15 heteroatoms. The van der Waals surface area contributed by atoms with Gasteiger partial charge in [0.15, 0.2) is 18.5 Å². The summed E-state index contributed by atoms with van der Waals surface area (Å²) < 4.78 is 43.0. The average molecular weight is 608 g/mol. The molecule has 5 rings (SSSR count). The number of nitrogens with zero attached hydrogens (tertiary/aromatic N) is 5. The number of hydrogen-bond acceptors (Lipinski definition) is 11. The zero-order valence-corrected chi connectivity index (χ0v) is 23.8. The highest BCUT2D eigenvalue weighted by molar-refractivity contribution is 7.85. The van der Waals surface area contributed by atoms with Crippen molar-refractivity contribution < 1.29 is 32.1 Å². The Morgan fingerprint density at radius 3 is 2.85 bits per heavy atom. The zero-order chi connectivity index (χ0) is 28.3. The number of oxime groups is 1. The number of amides is 1. The monoisotopic (exact) mass is 607 g/mol. The van der Waals surface area contributed by atoms with Crippen molar-refractivity contribution in [3.8, 4) is 11.6 Å². The lowest BCUT2D eigenvalue weighted by Crippen LogP contribution is -2.40. The van der Waals surface area contributed by atoms with Gasteiger partial charge in [-0.05, 0) is 24.5 Å². The highest BCUT2D eigenvalue weighted by Crippen LogP contribution is 2.38. The van der Waals surface area contributed by atoms with E-state index in [0.29, 0.717) is 52.8 Å². The Morgan fingerprint density at radius 1 is 1.30 bits per heavy atom. The van der Waals surface area contributed by atoms with E-state index < -0.39 is 22.0 Å². The van der Waals surface area contributed by atoms with Crippen molar-refractivity contribution in [1.82, 2.24) is 19.9 Å². The fourth-order valence-electron chi connectivity index (χ4n) is 4.71. The first-order chi connectivity index (χ1) is 19.2. The quantitative estimate of drug-likeness (QED) is 0.357. The predicted octanol–water partition coefficient (Wildman–Crippen LogP) is 3.63. The molecule has 12 nitrogen and oxygen atoms in total. The molecule has 1 atom stereocenters. The maximum Gasteiger partial charge on any atom is 0.269 e. The Bertz CT molecular complexity index is 1520. The SMILES string of the molecule is COc1cncnc1OCC(=O)N1CCC(c2nc(C3=NOC(c4c(Cl)cccc4CS(=O)(=O)O)C3)cs2)CC1. The zero-order valence-electron chi connectivity index (χ0n) is 21.4. The number of aromatic nitrogens is 3. The normalized spacial score (nSPS) is 17.8. The molecular formula is C25H26ClN5O7S2. The van der Waals surface area contributed by atoms with Crippen molar-refractivity contribution in [2.45, 2.75) is 37.0 Å². The Labute approximate surface area is 239 Å². The minimum atomic E-state index is -4.25. The van der Waals surface area contributed by atoms with Gasteiger partial charge in [-0.25, -0.2) is 9.97 Å². The molecule has 2 aromatic heterocycles. The standard InChI is InChI=1S/C25H26ClN5O7S2/c1-36-21-10-27-14-28-24(21)37-11-22(32)31-7-5-15(6-8-31)25-29-19(12-39-25)18-9-20(38-30-18)23-16(13-40(33,34)35)3-2-4-17(23)26/h2-4,10,12,14-15,20H,5-9,11,13H2,1H3,(H,33,34,35). The summed E-state index contributed by atoms with van der Waals surface area (Å²) in [5, 5.41) is 7.42. The molecule has 1 fully saturated rings. The summed E-state index contributed by atoms with van der Waals surface area (Å²) >= 11 is 7.90. The van der Waals surface area contributed by atoms with Crippen LogP contribution >= 0.6 is 22.9 Å². The summed E-state index contributed by atoms with van der Waals surface area (Å²) in [4.78, 5) is 32.7. The first-order valence-electron chi connectivity index (χ1n) is 12.4. The smallest absolute Gasteiger partial charge is 0.269 e. The van der Waals surface area contributed by atoms with Gasteiger partial charge < -0.3 is 19.2 Å². The Balaban J connectivity index is 1.16. The molecule has 0 bridgehead atoms. The predicted molar refractivity (Wildman–Crippen MR) is 146 cm³/mol. The van der Waals surface area contributed by atoms with Gasteiger partial charge in [-0.2, -0.15) is 13.4 Å². The van der Waals surface area contributed by atoms with E-state index in [2.05, 4.69) is 15.1 Å². The molecule has 4 heterocycles. The number of piperidine rings is 1. The van der Waals surface area contributed by atoms with E-state index in [0.717, 1.165) is 17.8 Å². The second-order valence-corrected chi connectivity index (χ2v) is 12.0. The summed E-state index contributed by atoms with van der Waals surface area (Å²) in [7, 11) is -2.77. The van der Waals surface area contributed by atoms with Crippen molar-refractivity contribution in [2.24, 2.45) is 5.16 Å². The second-order valence-electron chi connectivity index (χ2n) is 9.29. The number of rotatable bonds is 9. The van der Waals surface area contributed by atoms with E-state index in [1.54, 1.807) is 23.1 Å². The number of carbonyl (C=O) groups excluding carboxylic acids is 1. The molecule has 0 spiro atoms. The van der Waals surface area contributed by atoms with Crippen LogP contribution in [0.4, 0.5) is 0 Å². The third-order valence-electron chi connectivity index (χ3n) is 6.68. The van der Waals surface area contributed by atoms with E-state index in [1.165, 1.54) is 31.0 Å². The van der Waals surface area contributed by atoms with Crippen molar-refractivity contribution >= 4 is 44.7 Å². The molecule has 3 aromatic rings. The van der Waals surface area contributed by atoms with Gasteiger partial charge in [0.05, 0.1) is 24.0 Å². The topological polar surface area (TPSA) is 153 Å². The molecule has 1 unspecified atom stereocenters. The van der Waals surface area contributed by atoms with Crippen LogP contribution in [0.1, 0.15) is 53.1 Å². The summed E-state index contributed by atoms with van der Waals surface area (Å²) in [6, 6.07) is 4.85. The summed E-state index contributed by atoms with van der Waals surface area (Å²) in [6.07, 6.45) is 4.10. The number of ether oxygens (including phenoxy) is 2. The van der Waals surface area contributed by atoms with Crippen molar-refractivity contribution in [1.29, 1.82) is 0 Å². The molecule has 1 aromatic carbocycles. The third kappa shape index (κ3) is 6.52. The molecule has 0 saturated carbocycles. The van der Waals surface area contributed by atoms with Crippen LogP contribution in [-0.2, 0) is 25.5 Å². The van der Waals surface area contributed by atoms with E-state index in [9.17, 15) is 17.8 Å². The maximum atomic E-state index is 12.7. The van der Waals surface area contributed by atoms with Gasteiger partial charge in [-0.3, -0.25) is 9.35 Å². The number of carbonyl (C=O) groups is 1. The molecule has 212 valence electrons. The highest BCUT2D eigenvalue weighted by Gasteiger charge is 2.31. The van der Waals surface area contributed by atoms with Crippen LogP contribution in [0.5, 0.6) is 11.6 Å². The van der Waals surface area contributed by atoms with Crippen LogP contribution < -0.4 is 9.47 Å². The lowest BCUT2D eigenvalue weighted by molar-refractivity contribution is -0.134. The molecule has 2 aliphatic rings. The lowest BCUT2D eigenvalue weighted by atomic mass is 9.97. The Kier molecular flexibility index (Phi) is 8.49. The van der Waals surface area contributed by atoms with E-state index in [-0.39, 0.29) is 24.3 Å². The van der Waals surface area contributed by atoms with Gasteiger partial charge >= 0.3 is 0 Å². The molecule has 1 amide bonds. The average Bonchev–Trinajstić information content (AvgIpc) is 3.62. The fraction of sp³-hybridized carbons (Fsp3) is 0.400. The van der Waals surface area contributed by atoms with Gasteiger partial charge in [0.1, 0.15) is 17.8 Å². The first kappa shape index (κ1) is 28.2. The van der Waals surface area contributed by atoms with E-state index >= 15 is 0 Å². The molecule has 0 radical (unpaired) electrons. The summed E-state index contributed by atoms with van der Waals surface area (Å²) in [5.74, 6) is 0.0923. The van der Waals surface area contributed by atoms with Gasteiger partial charge in [-0.1, -0.05) is 28.9 Å². The molecule has 2 aliphatic heterocycles. The van der Waals surface area contributed by atoms with Gasteiger partial charge in [-0.15, -0.1) is 11.3 Å². The van der Waals surface area contributed by atoms with E-state index in [4.69, 9.17) is 30.9 Å². The Morgan fingerprint density at radius 2 is 2.10 bits per heavy atom. The minimum absolute atomic E-state index is 0.129. The van der Waals surface area contributed by atoms with Gasteiger partial charge in [0, 0.05) is 41.4 Å². The Hall–Kier alpha value is -3.33. The molecule has 1 N–H and O–H groups in total. The van der Waals surface area contributed by atoms with Crippen LogP contribution in [-0.4, -0.2) is 71.2 Å². The summed E-state index contributed by atoms with van der Waals surface area (Å²) in [5.41, 5.74) is 2.17. The van der Waals surface area contributed by atoms with Crippen LogP contribution in [0.2, 0.25) is 5.02 Å². The van der Waals surface area contributed by atoms with Crippen LogP contribution in [0, 0.1) is 0 Å². The number of benzene rings is 1. The van der Waals surface area contributed by atoms with Crippen LogP contribution in [0.3, 0.4) is 0 Å². The van der Waals surface area contributed by atoms with Crippen LogP contribution in [0.15, 0.2) is 41.3 Å². The number of halogens is 1. The lowest BCUT2D eigenvalue weighted by Gasteiger charge is -2.31. The second kappa shape index (κ2) is 12.0. The molecule has 40 heavy (non-hydrogen) atoms. The van der Waals surface area contributed by atoms with E-state index in [1.807, 2.05) is 5.38 Å². The molecule has 1 saturated heterocycles. The molecule has 0 aliphatic carbocycles. The number of hydrogen-bond donors (Lipinski definition) is 1. The van der Waals surface area contributed by atoms with Crippen LogP contribution in [0.25, 0.3) is 0 Å². The van der Waals surface area contributed by atoms with Crippen molar-refractivity contribution in [3.05, 3.63) is 63.0 Å². The van der Waals surface area contributed by atoms with Crippen molar-refractivity contribution in [3.63, 3.8) is 0 Å². The largest absolute Gasteiger partial charge is 0.490 e. The van der Waals surface area contributed by atoms with Crippen molar-refractivity contribution in [2.75, 3.05) is 26.8 Å².